The first-order valence-corrected chi connectivity index (χ1v) is 12.7. The third-order valence-corrected chi connectivity index (χ3v) is 7.38. The first-order valence-electron chi connectivity index (χ1n) is 11.6. The third-order valence-electron chi connectivity index (χ3n) is 6.44. The van der Waals surface area contributed by atoms with Crippen molar-refractivity contribution in [3.63, 3.8) is 0 Å². The van der Waals surface area contributed by atoms with Gasteiger partial charge >= 0.3 is 0 Å². The fourth-order valence-corrected chi connectivity index (χ4v) is 5.53. The van der Waals surface area contributed by atoms with Gasteiger partial charge in [-0.25, -0.2) is 0 Å². The minimum Gasteiger partial charge on any atom is -0.385 e. The highest BCUT2D eigenvalue weighted by molar-refractivity contribution is 14.1. The number of benzene rings is 4. The van der Waals surface area contributed by atoms with Crippen molar-refractivity contribution in [2.45, 2.75) is 32.6 Å². The Morgan fingerprint density at radius 3 is 2.19 bits per heavy atom. The molecule has 0 fully saturated rings. The van der Waals surface area contributed by atoms with Gasteiger partial charge in [-0.1, -0.05) is 92.6 Å². The number of anilines is 1. The summed E-state index contributed by atoms with van der Waals surface area (Å²) in [7, 11) is 0. The highest BCUT2D eigenvalue weighted by Crippen LogP contribution is 2.47. The molecule has 0 bridgehead atoms. The predicted molar refractivity (Wildman–Crippen MR) is 146 cm³/mol. The number of fused-ring (bicyclic) bond motifs is 3. The van der Waals surface area contributed by atoms with Crippen LogP contribution in [0.4, 0.5) is 5.69 Å². The molecule has 0 aliphatic heterocycles. The van der Waals surface area contributed by atoms with E-state index in [1.54, 1.807) is 0 Å². The van der Waals surface area contributed by atoms with Crippen LogP contribution in [0.2, 0.25) is 0 Å². The van der Waals surface area contributed by atoms with E-state index in [0.717, 1.165) is 13.0 Å². The summed E-state index contributed by atoms with van der Waals surface area (Å²) in [5.41, 5.74) is 12.2. The van der Waals surface area contributed by atoms with Gasteiger partial charge in [0.2, 0.25) is 0 Å². The topological polar surface area (TPSA) is 12.0 Å². The minimum absolute atomic E-state index is 0.992. The maximum Gasteiger partial charge on any atom is 0.0420 e. The molecule has 1 nitrogen and oxygen atoms in total. The molecule has 2 heteroatoms. The summed E-state index contributed by atoms with van der Waals surface area (Å²) in [6.45, 7) is 3.27. The summed E-state index contributed by atoms with van der Waals surface area (Å²) in [5, 5.41) is 3.72. The number of unbranched alkanes of at least 4 members (excludes halogenated alkanes) is 2. The number of rotatable bonds is 7. The molecule has 4 aromatic rings. The molecule has 0 spiro atoms. The van der Waals surface area contributed by atoms with E-state index in [0.29, 0.717) is 0 Å². The quantitative estimate of drug-likeness (QED) is 0.164. The van der Waals surface area contributed by atoms with Crippen LogP contribution in [0.15, 0.2) is 84.9 Å². The van der Waals surface area contributed by atoms with E-state index in [4.69, 9.17) is 0 Å². The summed E-state index contributed by atoms with van der Waals surface area (Å²) in [5.74, 6) is 0. The van der Waals surface area contributed by atoms with Gasteiger partial charge in [-0.2, -0.15) is 0 Å². The van der Waals surface area contributed by atoms with Crippen molar-refractivity contribution in [3.8, 4) is 33.4 Å². The normalized spacial score (nSPS) is 11.8. The van der Waals surface area contributed by atoms with Gasteiger partial charge in [0, 0.05) is 21.4 Å². The van der Waals surface area contributed by atoms with Gasteiger partial charge in [0.05, 0.1) is 0 Å². The lowest BCUT2D eigenvalue weighted by atomic mass is 9.87. The van der Waals surface area contributed by atoms with Crippen molar-refractivity contribution in [1.82, 2.24) is 0 Å². The third kappa shape index (κ3) is 3.97. The zero-order chi connectivity index (χ0) is 21.9. The van der Waals surface area contributed by atoms with Gasteiger partial charge in [-0.15, -0.1) is 0 Å². The molecule has 0 aromatic heterocycles. The lowest BCUT2D eigenvalue weighted by Gasteiger charge is -2.20. The highest BCUT2D eigenvalue weighted by atomic mass is 127. The largest absolute Gasteiger partial charge is 0.385 e. The second-order valence-corrected chi connectivity index (χ2v) is 9.67. The van der Waals surface area contributed by atoms with Crippen LogP contribution < -0.4 is 5.32 Å². The SMILES string of the molecule is CCCCCNc1ccccc1-c1ccc2c(c1-c1ccccc1I)Cc1ccccc1-2. The number of hydrogen-bond acceptors (Lipinski definition) is 1. The molecule has 0 saturated carbocycles. The van der Waals surface area contributed by atoms with Crippen molar-refractivity contribution in [2.75, 3.05) is 11.9 Å². The molecule has 5 rings (SSSR count). The number of halogens is 1. The Labute approximate surface area is 205 Å². The molecule has 1 N–H and O–H groups in total. The van der Waals surface area contributed by atoms with Gasteiger partial charge in [0.15, 0.2) is 0 Å². The van der Waals surface area contributed by atoms with E-state index in [1.165, 1.54) is 73.0 Å². The van der Waals surface area contributed by atoms with Crippen molar-refractivity contribution in [2.24, 2.45) is 0 Å². The summed E-state index contributed by atoms with van der Waals surface area (Å²) in [6.07, 6.45) is 4.70. The van der Waals surface area contributed by atoms with Gasteiger partial charge in [-0.05, 0) is 86.5 Å². The van der Waals surface area contributed by atoms with E-state index in [1.807, 2.05) is 0 Å². The Morgan fingerprint density at radius 1 is 0.688 bits per heavy atom. The first-order chi connectivity index (χ1) is 15.8. The standard InChI is InChI=1S/C30H28IN/c1-2-3-10-19-32-29-16-9-7-13-24(29)25-18-17-23-22-12-5-4-11-21(22)20-27(23)30(25)26-14-6-8-15-28(26)31/h4-9,11-18,32H,2-3,10,19-20H2,1H3. The number of para-hydroxylation sites is 1. The molecule has 1 aliphatic rings. The van der Waals surface area contributed by atoms with E-state index in [9.17, 15) is 0 Å². The Hall–Kier alpha value is -2.59. The maximum absolute atomic E-state index is 3.72. The molecule has 0 amide bonds. The number of hydrogen-bond donors (Lipinski definition) is 1. The molecule has 0 saturated heterocycles. The molecule has 160 valence electrons. The Bertz CT molecular complexity index is 1260. The van der Waals surface area contributed by atoms with Crippen LogP contribution in [0, 0.1) is 3.57 Å². The van der Waals surface area contributed by atoms with Gasteiger partial charge in [0.1, 0.15) is 0 Å². The van der Waals surface area contributed by atoms with Crippen LogP contribution >= 0.6 is 22.6 Å². The summed E-state index contributed by atoms with van der Waals surface area (Å²) in [4.78, 5) is 0. The van der Waals surface area contributed by atoms with Crippen LogP contribution in [0.5, 0.6) is 0 Å². The fourth-order valence-electron chi connectivity index (χ4n) is 4.88. The lowest BCUT2D eigenvalue weighted by molar-refractivity contribution is 0.744. The Balaban J connectivity index is 1.68. The predicted octanol–water partition coefficient (Wildman–Crippen LogP) is 8.80. The molecular formula is C30H28IN. The van der Waals surface area contributed by atoms with Gasteiger partial charge < -0.3 is 5.32 Å². The maximum atomic E-state index is 3.72. The smallest absolute Gasteiger partial charge is 0.0420 e. The molecule has 1 aliphatic carbocycles. The molecule has 0 radical (unpaired) electrons. The molecule has 0 unspecified atom stereocenters. The monoisotopic (exact) mass is 529 g/mol. The summed E-state index contributed by atoms with van der Waals surface area (Å²) in [6, 6.07) is 31.1. The van der Waals surface area contributed by atoms with Gasteiger partial charge in [-0.3, -0.25) is 0 Å². The van der Waals surface area contributed by atoms with Crippen LogP contribution in [0.25, 0.3) is 33.4 Å². The first kappa shape index (κ1) is 21.3. The molecule has 0 heterocycles. The van der Waals surface area contributed by atoms with Crippen LogP contribution in [-0.2, 0) is 6.42 Å². The van der Waals surface area contributed by atoms with Crippen LogP contribution in [-0.4, -0.2) is 6.54 Å². The second kappa shape index (κ2) is 9.50. The lowest BCUT2D eigenvalue weighted by Crippen LogP contribution is -2.03. The van der Waals surface area contributed by atoms with E-state index >= 15 is 0 Å². The van der Waals surface area contributed by atoms with Gasteiger partial charge in [0.25, 0.3) is 0 Å². The highest BCUT2D eigenvalue weighted by Gasteiger charge is 2.25. The molecule has 0 atom stereocenters. The Kier molecular flexibility index (Phi) is 6.31. The van der Waals surface area contributed by atoms with E-state index in [2.05, 4.69) is 120 Å². The van der Waals surface area contributed by atoms with Crippen molar-refractivity contribution in [1.29, 1.82) is 0 Å². The molecular weight excluding hydrogens is 501 g/mol. The zero-order valence-corrected chi connectivity index (χ0v) is 20.7. The minimum atomic E-state index is 0.992. The fraction of sp³-hybridized carbons (Fsp3) is 0.200. The van der Waals surface area contributed by atoms with Crippen LogP contribution in [0.1, 0.15) is 37.3 Å². The molecule has 32 heavy (non-hydrogen) atoms. The van der Waals surface area contributed by atoms with Crippen molar-refractivity contribution in [3.05, 3.63) is 99.6 Å². The van der Waals surface area contributed by atoms with Crippen LogP contribution in [0.3, 0.4) is 0 Å². The number of nitrogens with one attached hydrogen (secondary N) is 1. The Morgan fingerprint density at radius 2 is 1.38 bits per heavy atom. The second-order valence-electron chi connectivity index (χ2n) is 8.51. The van der Waals surface area contributed by atoms with E-state index in [-0.39, 0.29) is 0 Å². The average Bonchev–Trinajstić information content (AvgIpc) is 3.21. The molecule has 4 aromatic carbocycles. The van der Waals surface area contributed by atoms with E-state index < -0.39 is 0 Å². The van der Waals surface area contributed by atoms with Crippen molar-refractivity contribution >= 4 is 28.3 Å². The van der Waals surface area contributed by atoms with Crippen molar-refractivity contribution < 1.29 is 0 Å². The average molecular weight is 529 g/mol. The summed E-state index contributed by atoms with van der Waals surface area (Å²) < 4.78 is 1.30. The zero-order valence-electron chi connectivity index (χ0n) is 18.5. The summed E-state index contributed by atoms with van der Waals surface area (Å²) >= 11 is 2.49.